The van der Waals surface area contributed by atoms with Crippen LogP contribution in [0.15, 0.2) is 11.2 Å². The van der Waals surface area contributed by atoms with Gasteiger partial charge < -0.3 is 10.6 Å². The maximum absolute atomic E-state index is 11.8. The Morgan fingerprint density at radius 2 is 2.06 bits per heavy atom. The quantitative estimate of drug-likeness (QED) is 0.595. The second-order valence-corrected chi connectivity index (χ2v) is 4.29. The standard InChI is InChI=1S/C11H16N4O2S/c1-4-12-9(16)6-13-10(17)8-5-7(2)14-11(15-8)18-3/h5H,4,6H2,1-3H3,(H,12,16)(H,13,17). The lowest BCUT2D eigenvalue weighted by Gasteiger charge is -2.06. The number of hydrogen-bond acceptors (Lipinski definition) is 5. The molecule has 0 aromatic carbocycles. The van der Waals surface area contributed by atoms with Crippen molar-refractivity contribution in [3.63, 3.8) is 0 Å². The first-order chi connectivity index (χ1) is 8.56. The predicted octanol–water partition coefficient (Wildman–Crippen LogP) is 0.373. The van der Waals surface area contributed by atoms with Gasteiger partial charge >= 0.3 is 0 Å². The highest BCUT2D eigenvalue weighted by Gasteiger charge is 2.11. The van der Waals surface area contributed by atoms with Crippen molar-refractivity contribution in [1.82, 2.24) is 20.6 Å². The van der Waals surface area contributed by atoms with E-state index in [2.05, 4.69) is 20.6 Å². The van der Waals surface area contributed by atoms with E-state index in [-0.39, 0.29) is 24.1 Å². The second-order valence-electron chi connectivity index (χ2n) is 3.52. The molecule has 98 valence electrons. The van der Waals surface area contributed by atoms with Gasteiger partial charge in [0.2, 0.25) is 5.91 Å². The number of hydrogen-bond donors (Lipinski definition) is 2. The molecule has 1 aromatic rings. The molecule has 0 aliphatic heterocycles. The Bertz CT molecular complexity index is 451. The lowest BCUT2D eigenvalue weighted by molar-refractivity contribution is -0.120. The molecule has 7 heteroatoms. The largest absolute Gasteiger partial charge is 0.355 e. The highest BCUT2D eigenvalue weighted by atomic mass is 32.2. The molecule has 0 atom stereocenters. The molecule has 0 radical (unpaired) electrons. The lowest BCUT2D eigenvalue weighted by atomic mass is 10.3. The van der Waals surface area contributed by atoms with Gasteiger partial charge in [-0.15, -0.1) is 0 Å². The minimum Gasteiger partial charge on any atom is -0.355 e. The number of amides is 2. The SMILES string of the molecule is CCNC(=O)CNC(=O)c1cc(C)nc(SC)n1. The van der Waals surface area contributed by atoms with E-state index < -0.39 is 0 Å². The summed E-state index contributed by atoms with van der Waals surface area (Å²) in [5.74, 6) is -0.594. The minimum atomic E-state index is -0.373. The lowest BCUT2D eigenvalue weighted by Crippen LogP contribution is -2.37. The van der Waals surface area contributed by atoms with E-state index in [9.17, 15) is 9.59 Å². The predicted molar refractivity (Wildman–Crippen MR) is 69.6 cm³/mol. The third kappa shape index (κ3) is 4.33. The van der Waals surface area contributed by atoms with E-state index in [1.165, 1.54) is 11.8 Å². The first kappa shape index (κ1) is 14.4. The maximum atomic E-state index is 11.8. The van der Waals surface area contributed by atoms with Crippen molar-refractivity contribution < 1.29 is 9.59 Å². The number of likely N-dealkylation sites (N-methyl/N-ethyl adjacent to an activating group) is 1. The Hall–Kier alpha value is -1.63. The third-order valence-corrected chi connectivity index (χ3v) is 2.58. The molecule has 6 nitrogen and oxygen atoms in total. The fraction of sp³-hybridized carbons (Fsp3) is 0.455. The number of carbonyl (C=O) groups is 2. The van der Waals surface area contributed by atoms with Crippen molar-refractivity contribution >= 4 is 23.6 Å². The molecule has 0 fully saturated rings. The number of rotatable bonds is 5. The maximum Gasteiger partial charge on any atom is 0.270 e. The van der Waals surface area contributed by atoms with Crippen LogP contribution in [0.5, 0.6) is 0 Å². The summed E-state index contributed by atoms with van der Waals surface area (Å²) in [7, 11) is 0. The summed E-state index contributed by atoms with van der Waals surface area (Å²) in [6, 6.07) is 1.59. The van der Waals surface area contributed by atoms with E-state index in [0.29, 0.717) is 11.7 Å². The average molecular weight is 268 g/mol. The summed E-state index contributed by atoms with van der Waals surface area (Å²) in [4.78, 5) is 31.2. The second kappa shape index (κ2) is 6.95. The van der Waals surface area contributed by atoms with Crippen LogP contribution < -0.4 is 10.6 Å². The molecule has 0 saturated carbocycles. The Balaban J connectivity index is 2.66. The summed E-state index contributed by atoms with van der Waals surface area (Å²) in [6.45, 7) is 4.10. The van der Waals surface area contributed by atoms with E-state index in [0.717, 1.165) is 5.69 Å². The van der Waals surface area contributed by atoms with Gasteiger partial charge in [0.25, 0.3) is 5.91 Å². The Morgan fingerprint density at radius 3 is 2.67 bits per heavy atom. The summed E-state index contributed by atoms with van der Waals surface area (Å²) >= 11 is 1.37. The number of thioether (sulfide) groups is 1. The van der Waals surface area contributed by atoms with E-state index in [1.54, 1.807) is 13.0 Å². The summed E-state index contributed by atoms with van der Waals surface area (Å²) in [6.07, 6.45) is 1.84. The first-order valence-corrected chi connectivity index (χ1v) is 6.73. The average Bonchev–Trinajstić information content (AvgIpc) is 2.35. The highest BCUT2D eigenvalue weighted by Crippen LogP contribution is 2.10. The van der Waals surface area contributed by atoms with Gasteiger partial charge in [-0.05, 0) is 26.2 Å². The van der Waals surface area contributed by atoms with Crippen molar-refractivity contribution in [2.75, 3.05) is 19.3 Å². The number of nitrogens with one attached hydrogen (secondary N) is 2. The van der Waals surface area contributed by atoms with Crippen LogP contribution in [-0.2, 0) is 4.79 Å². The van der Waals surface area contributed by atoms with Gasteiger partial charge in [-0.1, -0.05) is 11.8 Å². The number of nitrogens with zero attached hydrogens (tertiary/aromatic N) is 2. The number of aryl methyl sites for hydroxylation is 1. The Labute approximate surface area is 110 Å². The first-order valence-electron chi connectivity index (χ1n) is 5.51. The zero-order valence-electron chi connectivity index (χ0n) is 10.6. The van der Waals surface area contributed by atoms with Gasteiger partial charge in [0.05, 0.1) is 6.54 Å². The van der Waals surface area contributed by atoms with Gasteiger partial charge in [-0.3, -0.25) is 9.59 Å². The summed E-state index contributed by atoms with van der Waals surface area (Å²) in [5.41, 5.74) is 0.994. The summed E-state index contributed by atoms with van der Waals surface area (Å²) in [5, 5.41) is 5.65. The zero-order valence-corrected chi connectivity index (χ0v) is 11.4. The molecule has 2 N–H and O–H groups in total. The van der Waals surface area contributed by atoms with Crippen molar-refractivity contribution in [1.29, 1.82) is 0 Å². The van der Waals surface area contributed by atoms with Gasteiger partial charge in [0.15, 0.2) is 5.16 Å². The van der Waals surface area contributed by atoms with Crippen molar-refractivity contribution in [2.24, 2.45) is 0 Å². The molecule has 0 aliphatic rings. The van der Waals surface area contributed by atoms with Gasteiger partial charge in [-0.25, -0.2) is 9.97 Å². The summed E-state index contributed by atoms with van der Waals surface area (Å²) < 4.78 is 0. The molecule has 0 spiro atoms. The van der Waals surface area contributed by atoms with Crippen LogP contribution in [-0.4, -0.2) is 41.1 Å². The number of carbonyl (C=O) groups excluding carboxylic acids is 2. The van der Waals surface area contributed by atoms with Crippen LogP contribution in [0.1, 0.15) is 23.1 Å². The fourth-order valence-electron chi connectivity index (χ4n) is 1.26. The number of aromatic nitrogens is 2. The smallest absolute Gasteiger partial charge is 0.270 e. The zero-order chi connectivity index (χ0) is 13.5. The van der Waals surface area contributed by atoms with Crippen LogP contribution in [0.25, 0.3) is 0 Å². The Morgan fingerprint density at radius 1 is 1.33 bits per heavy atom. The van der Waals surface area contributed by atoms with Gasteiger partial charge in [0.1, 0.15) is 5.69 Å². The molecule has 1 rings (SSSR count). The van der Waals surface area contributed by atoms with Crippen LogP contribution in [0.2, 0.25) is 0 Å². The molecular weight excluding hydrogens is 252 g/mol. The highest BCUT2D eigenvalue weighted by molar-refractivity contribution is 7.98. The molecule has 0 aliphatic carbocycles. The van der Waals surface area contributed by atoms with Crippen molar-refractivity contribution in [3.8, 4) is 0 Å². The van der Waals surface area contributed by atoms with E-state index >= 15 is 0 Å². The van der Waals surface area contributed by atoms with Gasteiger partial charge in [-0.2, -0.15) is 0 Å². The molecule has 2 amide bonds. The fourth-order valence-corrected chi connectivity index (χ4v) is 1.68. The molecule has 18 heavy (non-hydrogen) atoms. The minimum absolute atomic E-state index is 0.0513. The molecular formula is C11H16N4O2S. The van der Waals surface area contributed by atoms with Crippen LogP contribution in [0.3, 0.4) is 0 Å². The normalized spacial score (nSPS) is 9.94. The molecule has 1 aromatic heterocycles. The van der Waals surface area contributed by atoms with Crippen LogP contribution in [0, 0.1) is 6.92 Å². The third-order valence-electron chi connectivity index (χ3n) is 2.03. The van der Waals surface area contributed by atoms with Gasteiger partial charge in [0, 0.05) is 12.2 Å². The molecule has 0 saturated heterocycles. The van der Waals surface area contributed by atoms with E-state index in [4.69, 9.17) is 0 Å². The molecule has 1 heterocycles. The van der Waals surface area contributed by atoms with E-state index in [1.807, 2.05) is 13.2 Å². The molecule has 0 bridgehead atoms. The monoisotopic (exact) mass is 268 g/mol. The topological polar surface area (TPSA) is 84.0 Å². The van der Waals surface area contributed by atoms with Crippen LogP contribution >= 0.6 is 11.8 Å². The molecule has 0 unspecified atom stereocenters. The Kier molecular flexibility index (Phi) is 5.57. The van der Waals surface area contributed by atoms with Crippen molar-refractivity contribution in [3.05, 3.63) is 17.5 Å². The van der Waals surface area contributed by atoms with Crippen molar-refractivity contribution in [2.45, 2.75) is 19.0 Å². The van der Waals surface area contributed by atoms with Crippen LogP contribution in [0.4, 0.5) is 0 Å².